The molecule has 20 heavy (non-hydrogen) atoms. The van der Waals surface area contributed by atoms with Crippen LogP contribution in [0.25, 0.3) is 0 Å². The Hall–Kier alpha value is -1.23. The lowest BCUT2D eigenvalue weighted by molar-refractivity contribution is 0.299. The maximum Gasteiger partial charge on any atom is 0.141 e. The number of rotatable bonds is 5. The molecule has 0 amide bonds. The molecule has 0 atom stereocenters. The van der Waals surface area contributed by atoms with Crippen molar-refractivity contribution < 1.29 is 9.26 Å². The molecule has 2 N–H and O–H groups in total. The number of nitrogens with two attached hydrogens (primary N) is 1. The van der Waals surface area contributed by atoms with Gasteiger partial charge in [0.1, 0.15) is 18.1 Å². The van der Waals surface area contributed by atoms with E-state index in [4.69, 9.17) is 38.2 Å². The van der Waals surface area contributed by atoms with E-state index in [1.165, 1.54) is 0 Å². The van der Waals surface area contributed by atoms with Crippen LogP contribution in [-0.2, 0) is 13.0 Å². The van der Waals surface area contributed by atoms with E-state index < -0.39 is 0 Å². The molecule has 0 bridgehead atoms. The Labute approximate surface area is 127 Å². The fraction of sp³-hybridized carbons (Fsp3) is 0.357. The summed E-state index contributed by atoms with van der Waals surface area (Å²) in [7, 11) is 0. The highest BCUT2D eigenvalue weighted by molar-refractivity contribution is 6.35. The zero-order valence-electron chi connectivity index (χ0n) is 11.4. The van der Waals surface area contributed by atoms with E-state index in [1.54, 1.807) is 6.07 Å². The molecule has 0 radical (unpaired) electrons. The molecule has 1 aromatic carbocycles. The van der Waals surface area contributed by atoms with Crippen molar-refractivity contribution in [2.24, 2.45) is 5.73 Å². The van der Waals surface area contributed by atoms with Crippen LogP contribution < -0.4 is 10.5 Å². The van der Waals surface area contributed by atoms with Gasteiger partial charge in [-0.3, -0.25) is 0 Å². The van der Waals surface area contributed by atoms with Crippen LogP contribution in [0.2, 0.25) is 10.0 Å². The van der Waals surface area contributed by atoms with Gasteiger partial charge in [-0.1, -0.05) is 28.4 Å². The molecular formula is C14H16Cl2N2O2. The van der Waals surface area contributed by atoms with E-state index in [9.17, 15) is 0 Å². The molecule has 0 saturated heterocycles. The lowest BCUT2D eigenvalue weighted by Gasteiger charge is -2.13. The normalized spacial score (nSPS) is 10.8. The number of hydrogen-bond acceptors (Lipinski definition) is 4. The van der Waals surface area contributed by atoms with E-state index in [0.717, 1.165) is 22.6 Å². The van der Waals surface area contributed by atoms with Gasteiger partial charge in [0.15, 0.2) is 0 Å². The number of halogens is 2. The van der Waals surface area contributed by atoms with Crippen molar-refractivity contribution in [1.82, 2.24) is 5.16 Å². The van der Waals surface area contributed by atoms with E-state index in [-0.39, 0.29) is 0 Å². The maximum absolute atomic E-state index is 6.20. The maximum atomic E-state index is 6.20. The minimum absolute atomic E-state index is 0.347. The largest absolute Gasteiger partial charge is 0.487 e. The smallest absolute Gasteiger partial charge is 0.141 e. The zero-order chi connectivity index (χ0) is 14.7. The Balaban J connectivity index is 2.25. The summed E-state index contributed by atoms with van der Waals surface area (Å²) in [5, 5.41) is 4.95. The molecule has 0 unspecified atom stereocenters. The molecule has 0 aliphatic heterocycles. The Morgan fingerprint density at radius 1 is 1.30 bits per heavy atom. The number of aryl methyl sites for hydroxylation is 2. The van der Waals surface area contributed by atoms with Gasteiger partial charge in [-0.25, -0.2) is 0 Å². The average Bonchev–Trinajstić information content (AvgIpc) is 2.69. The minimum atomic E-state index is 0.347. The molecule has 0 spiro atoms. The van der Waals surface area contributed by atoms with Gasteiger partial charge in [-0.15, -0.1) is 0 Å². The average molecular weight is 315 g/mol. The third kappa shape index (κ3) is 3.26. The second-order valence-corrected chi connectivity index (χ2v) is 5.35. The molecule has 1 heterocycles. The van der Waals surface area contributed by atoms with Crippen molar-refractivity contribution in [1.29, 1.82) is 0 Å². The SMILES string of the molecule is Cc1noc(C)c1COc1c(Cl)cc(Cl)cc1CCN. The van der Waals surface area contributed by atoms with Crippen molar-refractivity contribution in [2.45, 2.75) is 26.9 Å². The first-order valence-corrected chi connectivity index (χ1v) is 7.01. The van der Waals surface area contributed by atoms with Crippen LogP contribution in [-0.4, -0.2) is 11.7 Å². The molecule has 2 aromatic rings. The van der Waals surface area contributed by atoms with Crippen molar-refractivity contribution >= 4 is 23.2 Å². The van der Waals surface area contributed by atoms with E-state index in [1.807, 2.05) is 19.9 Å². The second-order valence-electron chi connectivity index (χ2n) is 4.51. The van der Waals surface area contributed by atoms with Gasteiger partial charge in [0.05, 0.1) is 16.3 Å². The van der Waals surface area contributed by atoms with Crippen molar-refractivity contribution in [2.75, 3.05) is 6.54 Å². The minimum Gasteiger partial charge on any atom is -0.487 e. The summed E-state index contributed by atoms with van der Waals surface area (Å²) >= 11 is 12.2. The quantitative estimate of drug-likeness (QED) is 0.914. The first kappa shape index (κ1) is 15.2. The summed E-state index contributed by atoms with van der Waals surface area (Å²) in [6, 6.07) is 3.48. The lowest BCUT2D eigenvalue weighted by Crippen LogP contribution is -2.06. The van der Waals surface area contributed by atoms with Crippen LogP contribution in [0.1, 0.15) is 22.6 Å². The Bertz CT molecular complexity index is 592. The molecule has 0 saturated carbocycles. The van der Waals surface area contributed by atoms with Gasteiger partial charge >= 0.3 is 0 Å². The number of aromatic nitrogens is 1. The van der Waals surface area contributed by atoms with Crippen LogP contribution in [0, 0.1) is 13.8 Å². The summed E-state index contributed by atoms with van der Waals surface area (Å²) in [4.78, 5) is 0. The summed E-state index contributed by atoms with van der Waals surface area (Å²) in [5.41, 5.74) is 8.24. The van der Waals surface area contributed by atoms with Gasteiger partial charge in [0.25, 0.3) is 0 Å². The third-order valence-corrected chi connectivity index (χ3v) is 3.54. The molecular weight excluding hydrogens is 299 g/mol. The number of benzene rings is 1. The first-order chi connectivity index (χ1) is 9.52. The van der Waals surface area contributed by atoms with Crippen LogP contribution in [0.5, 0.6) is 5.75 Å². The van der Waals surface area contributed by atoms with Crippen LogP contribution in [0.15, 0.2) is 16.7 Å². The Morgan fingerprint density at radius 3 is 2.65 bits per heavy atom. The highest BCUT2D eigenvalue weighted by Crippen LogP contribution is 2.33. The van der Waals surface area contributed by atoms with E-state index >= 15 is 0 Å². The standard InChI is InChI=1S/C14H16Cl2N2O2/c1-8-12(9(2)20-18-8)7-19-14-10(3-4-17)5-11(15)6-13(14)16/h5-6H,3-4,7,17H2,1-2H3. The summed E-state index contributed by atoms with van der Waals surface area (Å²) < 4.78 is 10.9. The van der Waals surface area contributed by atoms with Crippen LogP contribution >= 0.6 is 23.2 Å². The van der Waals surface area contributed by atoms with Crippen molar-refractivity contribution in [3.8, 4) is 5.75 Å². The van der Waals surface area contributed by atoms with E-state index in [0.29, 0.717) is 35.4 Å². The number of hydrogen-bond donors (Lipinski definition) is 1. The molecule has 0 fully saturated rings. The lowest BCUT2D eigenvalue weighted by atomic mass is 10.1. The van der Waals surface area contributed by atoms with Gasteiger partial charge in [0.2, 0.25) is 0 Å². The molecule has 6 heteroatoms. The third-order valence-electron chi connectivity index (χ3n) is 3.04. The van der Waals surface area contributed by atoms with Crippen molar-refractivity contribution in [3.63, 3.8) is 0 Å². The molecule has 1 aromatic heterocycles. The summed E-state index contributed by atoms with van der Waals surface area (Å²) in [6.45, 7) is 4.57. The fourth-order valence-electron chi connectivity index (χ4n) is 1.97. The van der Waals surface area contributed by atoms with Gasteiger partial charge < -0.3 is 15.0 Å². The monoisotopic (exact) mass is 314 g/mol. The Morgan fingerprint density at radius 2 is 2.05 bits per heavy atom. The molecule has 0 aliphatic carbocycles. The highest BCUT2D eigenvalue weighted by atomic mass is 35.5. The van der Waals surface area contributed by atoms with Crippen molar-refractivity contribution in [3.05, 3.63) is 44.8 Å². The predicted molar refractivity (Wildman–Crippen MR) is 79.5 cm³/mol. The highest BCUT2D eigenvalue weighted by Gasteiger charge is 2.14. The summed E-state index contributed by atoms with van der Waals surface area (Å²) in [5.74, 6) is 1.36. The van der Waals surface area contributed by atoms with Crippen LogP contribution in [0.3, 0.4) is 0 Å². The second kappa shape index (κ2) is 6.48. The molecule has 0 aliphatic rings. The number of ether oxygens (including phenoxy) is 1. The molecule has 4 nitrogen and oxygen atoms in total. The summed E-state index contributed by atoms with van der Waals surface area (Å²) in [6.07, 6.45) is 0.650. The first-order valence-electron chi connectivity index (χ1n) is 6.25. The topological polar surface area (TPSA) is 61.3 Å². The Kier molecular flexibility index (Phi) is 4.91. The van der Waals surface area contributed by atoms with Gasteiger partial charge in [0, 0.05) is 5.02 Å². The molecule has 2 rings (SSSR count). The van der Waals surface area contributed by atoms with Crippen LogP contribution in [0.4, 0.5) is 0 Å². The zero-order valence-corrected chi connectivity index (χ0v) is 12.9. The fourth-order valence-corrected chi connectivity index (χ4v) is 2.56. The van der Waals surface area contributed by atoms with Gasteiger partial charge in [-0.05, 0) is 44.5 Å². The van der Waals surface area contributed by atoms with Gasteiger partial charge in [-0.2, -0.15) is 0 Å². The van der Waals surface area contributed by atoms with E-state index in [2.05, 4.69) is 5.16 Å². The predicted octanol–water partition coefficient (Wildman–Crippen LogP) is 3.68. The number of nitrogens with zero attached hydrogens (tertiary/aromatic N) is 1. The molecule has 108 valence electrons.